The van der Waals surface area contributed by atoms with E-state index in [0.717, 1.165) is 38.8 Å². The molecule has 1 unspecified atom stereocenters. The lowest BCUT2D eigenvalue weighted by Gasteiger charge is -2.34. The molecular weight excluding hydrogens is 304 g/mol. The molecule has 2 aliphatic heterocycles. The van der Waals surface area contributed by atoms with Crippen LogP contribution in [-0.4, -0.2) is 69.2 Å². The van der Waals surface area contributed by atoms with E-state index in [2.05, 4.69) is 0 Å². The minimum Gasteiger partial charge on any atom is -0.384 e. The zero-order valence-corrected chi connectivity index (χ0v) is 14.3. The molecule has 1 atom stereocenters. The van der Waals surface area contributed by atoms with Crippen LogP contribution < -0.4 is 0 Å². The second-order valence-electron chi connectivity index (χ2n) is 6.25. The SMILES string of the molecule is COCCS(=O)(=O)N1CCCC(C(=O)N2CCCCCC2)C1. The lowest BCUT2D eigenvalue weighted by atomic mass is 9.98. The summed E-state index contributed by atoms with van der Waals surface area (Å²) in [6.07, 6.45) is 6.06. The van der Waals surface area contributed by atoms with Crippen molar-refractivity contribution in [2.75, 3.05) is 45.6 Å². The number of likely N-dealkylation sites (tertiary alicyclic amines) is 1. The molecule has 0 N–H and O–H groups in total. The second kappa shape index (κ2) is 8.26. The molecule has 7 heteroatoms. The number of rotatable bonds is 5. The quantitative estimate of drug-likeness (QED) is 0.755. The van der Waals surface area contributed by atoms with E-state index in [-0.39, 0.29) is 24.2 Å². The highest BCUT2D eigenvalue weighted by molar-refractivity contribution is 7.89. The van der Waals surface area contributed by atoms with Gasteiger partial charge in [0, 0.05) is 33.3 Å². The van der Waals surface area contributed by atoms with Gasteiger partial charge >= 0.3 is 0 Å². The highest BCUT2D eigenvalue weighted by Crippen LogP contribution is 2.23. The molecule has 6 nitrogen and oxygen atoms in total. The first-order chi connectivity index (χ1) is 10.5. The van der Waals surface area contributed by atoms with Crippen molar-refractivity contribution in [1.29, 1.82) is 0 Å². The van der Waals surface area contributed by atoms with E-state index >= 15 is 0 Å². The summed E-state index contributed by atoms with van der Waals surface area (Å²) in [5, 5.41) is 0. The number of hydrogen-bond donors (Lipinski definition) is 0. The number of carbonyl (C=O) groups excluding carboxylic acids is 1. The number of piperidine rings is 1. The third kappa shape index (κ3) is 4.67. The first-order valence-electron chi connectivity index (χ1n) is 8.30. The van der Waals surface area contributed by atoms with E-state index in [9.17, 15) is 13.2 Å². The standard InChI is InChI=1S/C15H28N2O4S/c1-21-11-12-22(19,20)17-10-6-7-14(13-17)15(18)16-8-4-2-3-5-9-16/h14H,2-13H2,1H3. The van der Waals surface area contributed by atoms with Gasteiger partial charge in [-0.15, -0.1) is 0 Å². The van der Waals surface area contributed by atoms with Gasteiger partial charge in [-0.1, -0.05) is 12.8 Å². The predicted molar refractivity (Wildman–Crippen MR) is 85.0 cm³/mol. The highest BCUT2D eigenvalue weighted by atomic mass is 32.2. The van der Waals surface area contributed by atoms with Gasteiger partial charge in [0.2, 0.25) is 15.9 Å². The summed E-state index contributed by atoms with van der Waals surface area (Å²) >= 11 is 0. The summed E-state index contributed by atoms with van der Waals surface area (Å²) in [7, 11) is -1.81. The van der Waals surface area contributed by atoms with Gasteiger partial charge in [0.1, 0.15) is 0 Å². The van der Waals surface area contributed by atoms with Crippen LogP contribution >= 0.6 is 0 Å². The fourth-order valence-electron chi connectivity index (χ4n) is 3.26. The van der Waals surface area contributed by atoms with E-state index < -0.39 is 10.0 Å². The van der Waals surface area contributed by atoms with Crippen molar-refractivity contribution in [1.82, 2.24) is 9.21 Å². The summed E-state index contributed by atoms with van der Waals surface area (Å²) < 4.78 is 30.9. The molecule has 0 aromatic rings. The van der Waals surface area contributed by atoms with Crippen LogP contribution in [0.2, 0.25) is 0 Å². The molecule has 0 aliphatic carbocycles. The molecule has 0 bridgehead atoms. The zero-order chi connectivity index (χ0) is 16.0. The van der Waals surface area contributed by atoms with E-state index in [1.807, 2.05) is 4.90 Å². The number of sulfonamides is 1. The van der Waals surface area contributed by atoms with Crippen LogP contribution in [0.15, 0.2) is 0 Å². The van der Waals surface area contributed by atoms with Crippen LogP contribution in [-0.2, 0) is 19.6 Å². The summed E-state index contributed by atoms with van der Waals surface area (Å²) in [6, 6.07) is 0. The van der Waals surface area contributed by atoms with Gasteiger partial charge < -0.3 is 9.64 Å². The number of ether oxygens (including phenoxy) is 1. The molecular formula is C15H28N2O4S. The van der Waals surface area contributed by atoms with E-state index in [4.69, 9.17) is 4.74 Å². The summed E-state index contributed by atoms with van der Waals surface area (Å²) in [5.41, 5.74) is 0. The molecule has 2 saturated heterocycles. The van der Waals surface area contributed by atoms with Crippen molar-refractivity contribution in [2.24, 2.45) is 5.92 Å². The molecule has 2 fully saturated rings. The smallest absolute Gasteiger partial charge is 0.227 e. The topological polar surface area (TPSA) is 66.9 Å². The van der Waals surface area contributed by atoms with E-state index in [1.165, 1.54) is 24.3 Å². The molecule has 2 heterocycles. The maximum Gasteiger partial charge on any atom is 0.227 e. The van der Waals surface area contributed by atoms with Gasteiger partial charge in [0.25, 0.3) is 0 Å². The largest absolute Gasteiger partial charge is 0.384 e. The lowest BCUT2D eigenvalue weighted by Crippen LogP contribution is -2.47. The minimum absolute atomic E-state index is 0.00583. The maximum absolute atomic E-state index is 12.7. The van der Waals surface area contributed by atoms with Crippen molar-refractivity contribution < 1.29 is 17.9 Å². The Balaban J connectivity index is 1.96. The number of carbonyl (C=O) groups is 1. The Labute approximate surface area is 133 Å². The van der Waals surface area contributed by atoms with Crippen LogP contribution in [0.5, 0.6) is 0 Å². The van der Waals surface area contributed by atoms with Crippen molar-refractivity contribution in [3.8, 4) is 0 Å². The Bertz CT molecular complexity index is 458. The van der Waals surface area contributed by atoms with E-state index in [0.29, 0.717) is 13.1 Å². The Morgan fingerprint density at radius 2 is 1.77 bits per heavy atom. The van der Waals surface area contributed by atoms with Gasteiger partial charge in [-0.2, -0.15) is 0 Å². The van der Waals surface area contributed by atoms with Crippen molar-refractivity contribution >= 4 is 15.9 Å². The molecule has 22 heavy (non-hydrogen) atoms. The maximum atomic E-state index is 12.7. The molecule has 0 aromatic heterocycles. The summed E-state index contributed by atoms with van der Waals surface area (Å²) in [6.45, 7) is 2.71. The third-order valence-electron chi connectivity index (χ3n) is 4.59. The number of hydrogen-bond acceptors (Lipinski definition) is 4. The fraction of sp³-hybridized carbons (Fsp3) is 0.933. The van der Waals surface area contributed by atoms with Gasteiger partial charge in [-0.25, -0.2) is 12.7 Å². The monoisotopic (exact) mass is 332 g/mol. The van der Waals surface area contributed by atoms with Gasteiger partial charge in [-0.3, -0.25) is 4.79 Å². The predicted octanol–water partition coefficient (Wildman–Crippen LogP) is 1.08. The molecule has 1 amide bonds. The molecule has 2 rings (SSSR count). The van der Waals surface area contributed by atoms with Crippen LogP contribution in [0.25, 0.3) is 0 Å². The van der Waals surface area contributed by atoms with Crippen molar-refractivity contribution in [3.63, 3.8) is 0 Å². The minimum atomic E-state index is -3.31. The van der Waals surface area contributed by atoms with Crippen LogP contribution in [0.4, 0.5) is 0 Å². The Morgan fingerprint density at radius 3 is 2.41 bits per heavy atom. The Hall–Kier alpha value is -0.660. The molecule has 0 saturated carbocycles. The van der Waals surface area contributed by atoms with Crippen molar-refractivity contribution in [2.45, 2.75) is 38.5 Å². The number of amides is 1. The van der Waals surface area contributed by atoms with Gasteiger partial charge in [0.15, 0.2) is 0 Å². The molecule has 0 aromatic carbocycles. The first-order valence-corrected chi connectivity index (χ1v) is 9.91. The molecule has 0 spiro atoms. The Morgan fingerprint density at radius 1 is 1.09 bits per heavy atom. The average Bonchev–Trinajstić information content (AvgIpc) is 2.81. The normalized spacial score (nSPS) is 25.0. The first kappa shape index (κ1) is 17.7. The summed E-state index contributed by atoms with van der Waals surface area (Å²) in [4.78, 5) is 14.6. The fourth-order valence-corrected chi connectivity index (χ4v) is 4.71. The van der Waals surface area contributed by atoms with Crippen LogP contribution in [0.3, 0.4) is 0 Å². The summed E-state index contributed by atoms with van der Waals surface area (Å²) in [5.74, 6) is -0.0357. The second-order valence-corrected chi connectivity index (χ2v) is 8.33. The molecule has 2 aliphatic rings. The van der Waals surface area contributed by atoms with Crippen LogP contribution in [0.1, 0.15) is 38.5 Å². The highest BCUT2D eigenvalue weighted by Gasteiger charge is 2.34. The Kier molecular flexibility index (Phi) is 6.65. The van der Waals surface area contributed by atoms with Crippen LogP contribution in [0, 0.1) is 5.92 Å². The molecule has 128 valence electrons. The van der Waals surface area contributed by atoms with E-state index in [1.54, 1.807) is 0 Å². The average molecular weight is 332 g/mol. The molecule has 0 radical (unpaired) electrons. The van der Waals surface area contributed by atoms with Gasteiger partial charge in [-0.05, 0) is 25.7 Å². The lowest BCUT2D eigenvalue weighted by molar-refractivity contribution is -0.136. The van der Waals surface area contributed by atoms with Crippen molar-refractivity contribution in [3.05, 3.63) is 0 Å². The number of nitrogens with zero attached hydrogens (tertiary/aromatic N) is 2. The number of methoxy groups -OCH3 is 1. The van der Waals surface area contributed by atoms with Gasteiger partial charge in [0.05, 0.1) is 18.3 Å². The zero-order valence-electron chi connectivity index (χ0n) is 13.5. The third-order valence-corrected chi connectivity index (χ3v) is 6.39.